The molecule has 0 N–H and O–H groups in total. The van der Waals surface area contributed by atoms with Crippen molar-refractivity contribution in [2.75, 3.05) is 49.1 Å². The molecule has 5 nitrogen and oxygen atoms in total. The number of halogens is 3. The molecule has 0 radical (unpaired) electrons. The lowest BCUT2D eigenvalue weighted by molar-refractivity contribution is 0.209. The molecule has 30 heavy (non-hydrogen) atoms. The molecule has 1 aromatic heterocycles. The molecule has 1 aromatic carbocycles. The number of hydrogen-bond acceptors (Lipinski definition) is 5. The average molecular weight is 475 g/mol. The van der Waals surface area contributed by atoms with Crippen molar-refractivity contribution in [2.45, 2.75) is 39.2 Å². The highest BCUT2D eigenvalue weighted by molar-refractivity contribution is 5.86. The Morgan fingerprint density at radius 3 is 1.87 bits per heavy atom. The fourth-order valence-electron chi connectivity index (χ4n) is 4.10. The van der Waals surface area contributed by atoms with Gasteiger partial charge in [-0.25, -0.2) is 4.98 Å². The van der Waals surface area contributed by atoms with Crippen molar-refractivity contribution >= 4 is 48.7 Å². The number of anilines is 2. The summed E-state index contributed by atoms with van der Waals surface area (Å²) in [5.74, 6) is 0.993. The molecule has 0 spiro atoms. The van der Waals surface area contributed by atoms with Gasteiger partial charge in [0.05, 0.1) is 18.1 Å². The van der Waals surface area contributed by atoms with Gasteiger partial charge in [-0.05, 0) is 45.2 Å². The van der Waals surface area contributed by atoms with E-state index < -0.39 is 0 Å². The fraction of sp³-hybridized carbons (Fsp3) is 0.545. The first-order chi connectivity index (χ1) is 13.2. The third-order valence-corrected chi connectivity index (χ3v) is 5.89. The summed E-state index contributed by atoms with van der Waals surface area (Å²) in [5.41, 5.74) is 3.41. The van der Waals surface area contributed by atoms with Gasteiger partial charge in [0.2, 0.25) is 0 Å². The molecule has 0 saturated carbocycles. The molecule has 0 bridgehead atoms. The Balaban J connectivity index is 0.00000150. The van der Waals surface area contributed by atoms with Gasteiger partial charge >= 0.3 is 0 Å². The van der Waals surface area contributed by atoms with Crippen LogP contribution in [0, 0.1) is 0 Å². The number of nitrogens with zero attached hydrogens (tertiary/aromatic N) is 5. The predicted molar refractivity (Wildman–Crippen MR) is 134 cm³/mol. The molecule has 0 aliphatic carbocycles. The molecule has 4 rings (SSSR count). The van der Waals surface area contributed by atoms with E-state index in [2.05, 4.69) is 57.8 Å². The van der Waals surface area contributed by atoms with Gasteiger partial charge in [0, 0.05) is 56.6 Å². The van der Waals surface area contributed by atoms with E-state index >= 15 is 0 Å². The number of rotatable bonds is 4. The summed E-state index contributed by atoms with van der Waals surface area (Å²) in [6, 6.07) is 9.42. The lowest BCUT2D eigenvalue weighted by Crippen LogP contribution is -2.49. The van der Waals surface area contributed by atoms with Crippen LogP contribution in [-0.2, 0) is 0 Å². The van der Waals surface area contributed by atoms with Crippen LogP contribution in [0.5, 0.6) is 0 Å². The van der Waals surface area contributed by atoms with Crippen LogP contribution in [0.3, 0.4) is 0 Å². The topological polar surface area (TPSA) is 35.5 Å². The Kier molecular flexibility index (Phi) is 11.2. The van der Waals surface area contributed by atoms with E-state index in [4.69, 9.17) is 4.98 Å². The maximum atomic E-state index is 4.70. The largest absolute Gasteiger partial charge is 0.372 e. The SMILES string of the molecule is CC(C)N1CCN(c2cnc(-c3ccc(N4CCCCC4)cc3)cn2)CC1.Cl.Cl.Cl. The molecule has 0 unspecified atom stereocenters. The molecule has 2 aromatic rings. The molecule has 2 saturated heterocycles. The van der Waals surface area contributed by atoms with Gasteiger partial charge in [-0.1, -0.05) is 12.1 Å². The monoisotopic (exact) mass is 473 g/mol. The molecule has 3 heterocycles. The maximum absolute atomic E-state index is 4.70. The van der Waals surface area contributed by atoms with Crippen molar-refractivity contribution in [1.29, 1.82) is 0 Å². The Bertz CT molecular complexity index is 725. The van der Waals surface area contributed by atoms with Crippen molar-refractivity contribution in [3.05, 3.63) is 36.7 Å². The van der Waals surface area contributed by atoms with Crippen molar-refractivity contribution in [3.63, 3.8) is 0 Å². The highest BCUT2D eigenvalue weighted by Gasteiger charge is 2.20. The lowest BCUT2D eigenvalue weighted by atomic mass is 10.1. The van der Waals surface area contributed by atoms with Gasteiger partial charge in [0.25, 0.3) is 0 Å². The standard InChI is InChI=1S/C22H31N5.3ClH/c1-18(2)25-12-14-27(15-13-25)22-17-23-21(16-24-22)19-6-8-20(9-7-19)26-10-4-3-5-11-26;;;/h6-9,16-18H,3-5,10-15H2,1-2H3;3*1H. The van der Waals surface area contributed by atoms with Crippen LogP contribution >= 0.6 is 37.2 Å². The van der Waals surface area contributed by atoms with Crippen LogP contribution in [0.2, 0.25) is 0 Å². The van der Waals surface area contributed by atoms with Crippen LogP contribution < -0.4 is 9.80 Å². The second kappa shape index (κ2) is 12.6. The molecule has 2 aliphatic rings. The molecular weight excluding hydrogens is 441 g/mol. The van der Waals surface area contributed by atoms with Crippen molar-refractivity contribution in [3.8, 4) is 11.3 Å². The lowest BCUT2D eigenvalue weighted by Gasteiger charge is -2.37. The Morgan fingerprint density at radius 1 is 0.700 bits per heavy atom. The van der Waals surface area contributed by atoms with Crippen LogP contribution in [0.15, 0.2) is 36.7 Å². The fourth-order valence-corrected chi connectivity index (χ4v) is 4.10. The molecule has 2 fully saturated rings. The first kappa shape index (κ1) is 26.8. The summed E-state index contributed by atoms with van der Waals surface area (Å²) < 4.78 is 0. The van der Waals surface area contributed by atoms with Crippen LogP contribution in [0.4, 0.5) is 11.5 Å². The minimum atomic E-state index is 0. The summed E-state index contributed by atoms with van der Waals surface area (Å²) in [4.78, 5) is 16.7. The summed E-state index contributed by atoms with van der Waals surface area (Å²) >= 11 is 0. The van der Waals surface area contributed by atoms with E-state index in [-0.39, 0.29) is 37.2 Å². The molecule has 168 valence electrons. The predicted octanol–water partition coefficient (Wildman–Crippen LogP) is 4.93. The van der Waals surface area contributed by atoms with E-state index in [1.807, 2.05) is 12.4 Å². The second-order valence-electron chi connectivity index (χ2n) is 7.97. The second-order valence-corrected chi connectivity index (χ2v) is 7.97. The van der Waals surface area contributed by atoms with E-state index in [9.17, 15) is 0 Å². The van der Waals surface area contributed by atoms with Crippen molar-refractivity contribution in [2.24, 2.45) is 0 Å². The van der Waals surface area contributed by atoms with Gasteiger partial charge in [-0.3, -0.25) is 9.88 Å². The molecule has 8 heteroatoms. The Labute approximate surface area is 199 Å². The molecule has 0 atom stereocenters. The molecule has 0 amide bonds. The number of piperidine rings is 1. The third-order valence-electron chi connectivity index (χ3n) is 5.89. The minimum Gasteiger partial charge on any atom is -0.372 e. The van der Waals surface area contributed by atoms with E-state index in [0.717, 1.165) is 43.3 Å². The van der Waals surface area contributed by atoms with Crippen molar-refractivity contribution in [1.82, 2.24) is 14.9 Å². The zero-order chi connectivity index (χ0) is 18.6. The van der Waals surface area contributed by atoms with Crippen LogP contribution in [0.1, 0.15) is 33.1 Å². The van der Waals surface area contributed by atoms with Gasteiger partial charge < -0.3 is 9.80 Å². The quantitative estimate of drug-likeness (QED) is 0.628. The number of piperazine rings is 1. The highest BCUT2D eigenvalue weighted by Crippen LogP contribution is 2.24. The maximum Gasteiger partial charge on any atom is 0.147 e. The molecule has 2 aliphatic heterocycles. The van der Waals surface area contributed by atoms with E-state index in [0.29, 0.717) is 6.04 Å². The minimum absolute atomic E-state index is 0. The van der Waals surface area contributed by atoms with Crippen LogP contribution in [-0.4, -0.2) is 60.2 Å². The first-order valence-corrected chi connectivity index (χ1v) is 10.4. The summed E-state index contributed by atoms with van der Waals surface area (Å²) in [6.45, 7) is 11.1. The van der Waals surface area contributed by atoms with Gasteiger partial charge in [-0.15, -0.1) is 37.2 Å². The zero-order valence-corrected chi connectivity index (χ0v) is 20.3. The van der Waals surface area contributed by atoms with Gasteiger partial charge in [0.1, 0.15) is 5.82 Å². The van der Waals surface area contributed by atoms with Crippen molar-refractivity contribution < 1.29 is 0 Å². The Morgan fingerprint density at radius 2 is 1.33 bits per heavy atom. The van der Waals surface area contributed by atoms with Gasteiger partial charge in [-0.2, -0.15) is 0 Å². The van der Waals surface area contributed by atoms with E-state index in [1.54, 1.807) is 0 Å². The summed E-state index contributed by atoms with van der Waals surface area (Å²) in [7, 11) is 0. The number of aromatic nitrogens is 2. The first-order valence-electron chi connectivity index (χ1n) is 10.4. The summed E-state index contributed by atoms with van der Waals surface area (Å²) in [5, 5.41) is 0. The van der Waals surface area contributed by atoms with Crippen LogP contribution in [0.25, 0.3) is 11.3 Å². The van der Waals surface area contributed by atoms with E-state index in [1.165, 1.54) is 38.0 Å². The molecular formula is C22H34Cl3N5. The smallest absolute Gasteiger partial charge is 0.147 e. The normalized spacial score (nSPS) is 17.0. The van der Waals surface area contributed by atoms with Gasteiger partial charge in [0.15, 0.2) is 0 Å². The number of benzene rings is 1. The highest BCUT2D eigenvalue weighted by atomic mass is 35.5. The summed E-state index contributed by atoms with van der Waals surface area (Å²) in [6.07, 6.45) is 7.82. The zero-order valence-electron chi connectivity index (χ0n) is 17.9. The average Bonchev–Trinajstić information content (AvgIpc) is 2.75. The third kappa shape index (κ3) is 6.36. The Hall–Kier alpha value is -1.27. The number of hydrogen-bond donors (Lipinski definition) is 0.